The topological polar surface area (TPSA) is 169 Å². The summed E-state index contributed by atoms with van der Waals surface area (Å²) in [7, 11) is 0. The Morgan fingerprint density at radius 1 is 0.750 bits per heavy atom. The highest BCUT2D eigenvalue weighted by Crippen LogP contribution is 2.24. The zero-order valence-electron chi connectivity index (χ0n) is 13.1. The molecule has 0 bridgehead atoms. The lowest BCUT2D eigenvalue weighted by Crippen LogP contribution is -2.59. The Bertz CT molecular complexity index is 379. The van der Waals surface area contributed by atoms with E-state index >= 15 is 0 Å². The van der Waals surface area contributed by atoms with E-state index in [-0.39, 0.29) is 26.4 Å². The van der Waals surface area contributed by atoms with Gasteiger partial charge in [-0.3, -0.25) is 0 Å². The van der Waals surface area contributed by atoms with Gasteiger partial charge in [0.25, 0.3) is 0 Å². The van der Waals surface area contributed by atoms with Crippen molar-refractivity contribution in [2.24, 2.45) is 5.92 Å². The molecule has 0 aromatic carbocycles. The average Bonchev–Trinajstić information content (AvgIpc) is 2.58. The summed E-state index contributed by atoms with van der Waals surface area (Å²) in [4.78, 5) is 0. The van der Waals surface area contributed by atoms with Crippen molar-refractivity contribution in [2.45, 2.75) is 48.8 Å². The highest BCUT2D eigenvalue weighted by molar-refractivity contribution is 4.92. The molecule has 2 aliphatic rings. The molecule has 10 nitrogen and oxygen atoms in total. The van der Waals surface area contributed by atoms with Gasteiger partial charge in [0, 0.05) is 5.92 Å². The third kappa shape index (κ3) is 4.22. The molecule has 7 N–H and O–H groups in total. The Labute approximate surface area is 138 Å². The van der Waals surface area contributed by atoms with Crippen LogP contribution in [0.3, 0.4) is 0 Å². The number of aliphatic hydroxyl groups is 7. The first kappa shape index (κ1) is 19.9. The molecule has 0 radical (unpaired) electrons. The first-order valence-electron chi connectivity index (χ1n) is 7.87. The molecule has 6 unspecified atom stereocenters. The highest BCUT2D eigenvalue weighted by Gasteiger charge is 2.44. The molecule has 0 saturated carbocycles. The van der Waals surface area contributed by atoms with E-state index in [4.69, 9.17) is 19.3 Å². The van der Waals surface area contributed by atoms with Crippen molar-refractivity contribution in [3.05, 3.63) is 0 Å². The number of hydrogen-bond donors (Lipinski definition) is 7. The number of rotatable bonds is 6. The monoisotopic (exact) mass is 354 g/mol. The molecule has 24 heavy (non-hydrogen) atoms. The van der Waals surface area contributed by atoms with Crippen molar-refractivity contribution in [2.75, 3.05) is 33.0 Å². The van der Waals surface area contributed by atoms with Crippen LogP contribution in [-0.4, -0.2) is 118 Å². The number of ether oxygens (including phenoxy) is 3. The fourth-order valence-electron chi connectivity index (χ4n) is 2.98. The van der Waals surface area contributed by atoms with E-state index in [2.05, 4.69) is 0 Å². The minimum absolute atomic E-state index is 0.0848. The summed E-state index contributed by atoms with van der Waals surface area (Å²) in [6.45, 7) is -1.24. The Morgan fingerprint density at radius 3 is 2.00 bits per heavy atom. The van der Waals surface area contributed by atoms with Gasteiger partial charge in [0.15, 0.2) is 0 Å². The Kier molecular flexibility index (Phi) is 7.31. The summed E-state index contributed by atoms with van der Waals surface area (Å²) in [5.74, 6) is -0.677. The maximum Gasteiger partial charge on any atom is 0.111 e. The van der Waals surface area contributed by atoms with Gasteiger partial charge in [-0.2, -0.15) is 0 Å². The quantitative estimate of drug-likeness (QED) is 0.247. The zero-order chi connectivity index (χ0) is 17.9. The molecule has 2 saturated heterocycles. The predicted octanol–water partition coefficient (Wildman–Crippen LogP) is -4.43. The summed E-state index contributed by atoms with van der Waals surface area (Å²) >= 11 is 0. The second kappa shape index (κ2) is 8.81. The van der Waals surface area contributed by atoms with Crippen molar-refractivity contribution >= 4 is 0 Å². The minimum atomic E-state index is -1.49. The van der Waals surface area contributed by atoms with Crippen LogP contribution in [0.2, 0.25) is 0 Å². The van der Waals surface area contributed by atoms with Gasteiger partial charge in [-0.05, 0) is 0 Å². The lowest BCUT2D eigenvalue weighted by Gasteiger charge is -2.40. The van der Waals surface area contributed by atoms with Crippen molar-refractivity contribution in [3.8, 4) is 0 Å². The van der Waals surface area contributed by atoms with Crippen molar-refractivity contribution in [3.63, 3.8) is 0 Å². The van der Waals surface area contributed by atoms with Crippen LogP contribution in [0.15, 0.2) is 0 Å². The molecule has 0 aromatic rings. The third-order valence-electron chi connectivity index (χ3n) is 4.56. The van der Waals surface area contributed by atoms with Gasteiger partial charge in [-0.15, -0.1) is 0 Å². The molecule has 0 spiro atoms. The van der Waals surface area contributed by atoms with Gasteiger partial charge < -0.3 is 50.0 Å². The van der Waals surface area contributed by atoms with Crippen LogP contribution in [0.25, 0.3) is 0 Å². The molecule has 9 atom stereocenters. The van der Waals surface area contributed by atoms with Crippen LogP contribution < -0.4 is 0 Å². The van der Waals surface area contributed by atoms with Gasteiger partial charge in [-0.1, -0.05) is 0 Å². The van der Waals surface area contributed by atoms with Gasteiger partial charge in [0.05, 0.1) is 45.2 Å². The van der Waals surface area contributed by atoms with Gasteiger partial charge in [0.2, 0.25) is 0 Å². The second-order valence-corrected chi connectivity index (χ2v) is 6.18. The lowest BCUT2D eigenvalue weighted by atomic mass is 9.90. The van der Waals surface area contributed by atoms with E-state index in [1.165, 1.54) is 0 Å². The molecular formula is C14H26O10. The Hall–Kier alpha value is -0.400. The normalized spacial score (nSPS) is 46.9. The SMILES string of the molecule is OCC1O[C@H](COC[C@@H]2C(CO)OCC(O)C2O)C(O)C(O)[C@H]1O. The largest absolute Gasteiger partial charge is 0.394 e. The Balaban J connectivity index is 1.88. The zero-order valence-corrected chi connectivity index (χ0v) is 13.1. The molecular weight excluding hydrogens is 328 g/mol. The van der Waals surface area contributed by atoms with E-state index in [0.29, 0.717) is 0 Å². The highest BCUT2D eigenvalue weighted by atomic mass is 16.6. The predicted molar refractivity (Wildman–Crippen MR) is 76.9 cm³/mol. The van der Waals surface area contributed by atoms with Crippen molar-refractivity contribution < 1.29 is 50.0 Å². The van der Waals surface area contributed by atoms with Crippen LogP contribution in [-0.2, 0) is 14.2 Å². The molecule has 2 aliphatic heterocycles. The summed E-state index contributed by atoms with van der Waals surface area (Å²) < 4.78 is 15.9. The van der Waals surface area contributed by atoms with Crippen LogP contribution >= 0.6 is 0 Å². The summed E-state index contributed by atoms with van der Waals surface area (Å²) in [6.07, 6.45) is -9.26. The molecule has 2 fully saturated rings. The molecule has 2 heterocycles. The fourth-order valence-corrected chi connectivity index (χ4v) is 2.98. The van der Waals surface area contributed by atoms with E-state index in [0.717, 1.165) is 0 Å². The summed E-state index contributed by atoms with van der Waals surface area (Å²) in [6, 6.07) is 0. The maximum absolute atomic E-state index is 9.98. The average molecular weight is 354 g/mol. The first-order chi connectivity index (χ1) is 11.4. The number of aliphatic hydroxyl groups excluding tert-OH is 7. The Morgan fingerprint density at radius 2 is 1.38 bits per heavy atom. The van der Waals surface area contributed by atoms with Crippen molar-refractivity contribution in [1.29, 1.82) is 0 Å². The molecule has 0 aromatic heterocycles. The summed E-state index contributed by atoms with van der Waals surface area (Å²) in [5, 5.41) is 67.3. The first-order valence-corrected chi connectivity index (χ1v) is 7.87. The molecule has 142 valence electrons. The number of hydrogen-bond acceptors (Lipinski definition) is 10. The van der Waals surface area contributed by atoms with Crippen LogP contribution in [0.4, 0.5) is 0 Å². The standard InChI is InChI=1S/C14H26O10/c15-1-8-6(11(18)7(17)4-23-8)3-22-5-10-13(20)14(21)12(19)9(2-16)24-10/h6-21H,1-5H2/t6-,7?,8?,9?,10-,11?,12+,13?,14?/m1/s1. The molecule has 10 heteroatoms. The van der Waals surface area contributed by atoms with Gasteiger partial charge in [-0.25, -0.2) is 0 Å². The van der Waals surface area contributed by atoms with E-state index in [1.54, 1.807) is 0 Å². The van der Waals surface area contributed by atoms with Gasteiger partial charge >= 0.3 is 0 Å². The van der Waals surface area contributed by atoms with E-state index in [9.17, 15) is 30.6 Å². The maximum atomic E-state index is 9.98. The molecule has 0 aliphatic carbocycles. The van der Waals surface area contributed by atoms with E-state index in [1.807, 2.05) is 0 Å². The van der Waals surface area contributed by atoms with Crippen molar-refractivity contribution in [1.82, 2.24) is 0 Å². The second-order valence-electron chi connectivity index (χ2n) is 6.18. The molecule has 0 amide bonds. The minimum Gasteiger partial charge on any atom is -0.394 e. The van der Waals surface area contributed by atoms with Crippen LogP contribution in [0.5, 0.6) is 0 Å². The third-order valence-corrected chi connectivity index (χ3v) is 4.56. The molecule has 2 rings (SSSR count). The van der Waals surface area contributed by atoms with Crippen LogP contribution in [0, 0.1) is 5.92 Å². The van der Waals surface area contributed by atoms with E-state index < -0.39 is 61.4 Å². The van der Waals surface area contributed by atoms with Gasteiger partial charge in [0.1, 0.15) is 36.6 Å². The lowest BCUT2D eigenvalue weighted by molar-refractivity contribution is -0.242. The summed E-state index contributed by atoms with van der Waals surface area (Å²) in [5.41, 5.74) is 0. The fraction of sp³-hybridized carbons (Fsp3) is 1.00. The smallest absolute Gasteiger partial charge is 0.111 e. The van der Waals surface area contributed by atoms with Crippen LogP contribution in [0.1, 0.15) is 0 Å².